The van der Waals surface area contributed by atoms with Gasteiger partial charge in [-0.15, -0.1) is 0 Å². The molecule has 0 radical (unpaired) electrons. The molecule has 76 valence electrons. The predicted molar refractivity (Wildman–Crippen MR) is 53.7 cm³/mol. The molecule has 1 heterocycles. The Balaban J connectivity index is 2.57. The van der Waals surface area contributed by atoms with Crippen LogP contribution in [0.5, 0.6) is 0 Å². The minimum atomic E-state index is -0.338. The van der Waals surface area contributed by atoms with E-state index in [1.165, 1.54) is 0 Å². The number of carbonyl (C=O) groups is 1. The number of aliphatic hydroxyl groups is 1. The molecule has 0 bridgehead atoms. The van der Waals surface area contributed by atoms with Crippen molar-refractivity contribution in [2.45, 2.75) is 13.3 Å². The summed E-state index contributed by atoms with van der Waals surface area (Å²) in [6.45, 7) is 1.74. The lowest BCUT2D eigenvalue weighted by molar-refractivity contribution is -0.121. The molecule has 1 aromatic heterocycles. The molecule has 0 aliphatic carbocycles. The van der Waals surface area contributed by atoms with Crippen LogP contribution in [0.2, 0.25) is 0 Å². The third kappa shape index (κ3) is 2.81. The van der Waals surface area contributed by atoms with Gasteiger partial charge in [-0.2, -0.15) is 0 Å². The molecule has 2 N–H and O–H groups in total. The molecule has 1 unspecified atom stereocenters. The normalized spacial score (nSPS) is 12.1. The zero-order valence-electron chi connectivity index (χ0n) is 8.10. The molecule has 0 aliphatic rings. The summed E-state index contributed by atoms with van der Waals surface area (Å²) in [5.74, 6) is -0.502. The quantitative estimate of drug-likeness (QED) is 0.752. The molecule has 4 heteroatoms. The highest BCUT2D eigenvalue weighted by Crippen LogP contribution is 2.08. The molecule has 1 aromatic rings. The van der Waals surface area contributed by atoms with Gasteiger partial charge in [0.05, 0.1) is 24.4 Å². The fraction of sp³-hybridized carbons (Fsp3) is 0.400. The third-order valence-corrected chi connectivity index (χ3v) is 2.01. The van der Waals surface area contributed by atoms with E-state index in [2.05, 4.69) is 10.3 Å². The highest BCUT2D eigenvalue weighted by Gasteiger charge is 2.14. The standard InChI is InChI=1S/C10H14N2O2/c1-2-8(7-13)10(14)12-9-4-3-5-11-6-9/h3-6,8,13H,2,7H2,1H3,(H,12,14). The summed E-state index contributed by atoms with van der Waals surface area (Å²) in [5, 5.41) is 11.6. The van der Waals surface area contributed by atoms with E-state index in [1.807, 2.05) is 6.92 Å². The van der Waals surface area contributed by atoms with Gasteiger partial charge in [-0.3, -0.25) is 9.78 Å². The third-order valence-electron chi connectivity index (χ3n) is 2.01. The van der Waals surface area contributed by atoms with Crippen LogP contribution in [0.15, 0.2) is 24.5 Å². The number of carbonyl (C=O) groups excluding carboxylic acids is 1. The largest absolute Gasteiger partial charge is 0.396 e. The summed E-state index contributed by atoms with van der Waals surface area (Å²) in [6.07, 6.45) is 3.84. The van der Waals surface area contributed by atoms with Crippen LogP contribution in [0, 0.1) is 5.92 Å². The van der Waals surface area contributed by atoms with Crippen molar-refractivity contribution in [3.8, 4) is 0 Å². The SMILES string of the molecule is CCC(CO)C(=O)Nc1cccnc1. The summed E-state index contributed by atoms with van der Waals surface area (Å²) in [7, 11) is 0. The van der Waals surface area contributed by atoms with Crippen LogP contribution in [0.4, 0.5) is 5.69 Å². The maximum absolute atomic E-state index is 11.5. The minimum absolute atomic E-state index is 0.122. The van der Waals surface area contributed by atoms with Crippen LogP contribution in [-0.2, 0) is 4.79 Å². The molecule has 0 fully saturated rings. The number of aromatic nitrogens is 1. The molecule has 0 saturated carbocycles. The van der Waals surface area contributed by atoms with Gasteiger partial charge in [0.1, 0.15) is 0 Å². The van der Waals surface area contributed by atoms with Crippen molar-refractivity contribution < 1.29 is 9.90 Å². The second-order valence-corrected chi connectivity index (χ2v) is 3.02. The number of nitrogens with zero attached hydrogens (tertiary/aromatic N) is 1. The Morgan fingerprint density at radius 1 is 1.71 bits per heavy atom. The molecule has 1 amide bonds. The summed E-state index contributed by atoms with van der Waals surface area (Å²) in [5.41, 5.74) is 0.657. The molecule has 14 heavy (non-hydrogen) atoms. The first-order chi connectivity index (χ1) is 6.77. The lowest BCUT2D eigenvalue weighted by Crippen LogP contribution is -2.25. The Hall–Kier alpha value is -1.42. The van der Waals surface area contributed by atoms with E-state index in [9.17, 15) is 4.79 Å². The summed E-state index contributed by atoms with van der Waals surface area (Å²) >= 11 is 0. The number of pyridine rings is 1. The van der Waals surface area contributed by atoms with E-state index in [1.54, 1.807) is 24.5 Å². The van der Waals surface area contributed by atoms with Gasteiger partial charge in [-0.25, -0.2) is 0 Å². The van der Waals surface area contributed by atoms with Crippen molar-refractivity contribution in [3.63, 3.8) is 0 Å². The van der Waals surface area contributed by atoms with Gasteiger partial charge in [0.25, 0.3) is 0 Å². The van der Waals surface area contributed by atoms with E-state index >= 15 is 0 Å². The van der Waals surface area contributed by atoms with Gasteiger partial charge in [0.15, 0.2) is 0 Å². The van der Waals surface area contributed by atoms with Crippen LogP contribution >= 0.6 is 0 Å². The van der Waals surface area contributed by atoms with Crippen LogP contribution in [0.3, 0.4) is 0 Å². The maximum Gasteiger partial charge on any atom is 0.229 e. The first kappa shape index (κ1) is 10.7. The van der Waals surface area contributed by atoms with E-state index in [4.69, 9.17) is 5.11 Å². The summed E-state index contributed by atoms with van der Waals surface area (Å²) in [4.78, 5) is 15.3. The van der Waals surface area contributed by atoms with Crippen LogP contribution < -0.4 is 5.32 Å². The van der Waals surface area contributed by atoms with Gasteiger partial charge in [-0.1, -0.05) is 6.92 Å². The first-order valence-corrected chi connectivity index (χ1v) is 4.59. The van der Waals surface area contributed by atoms with Gasteiger partial charge >= 0.3 is 0 Å². The molecular formula is C10H14N2O2. The first-order valence-electron chi connectivity index (χ1n) is 4.59. The Morgan fingerprint density at radius 3 is 3.00 bits per heavy atom. The number of amides is 1. The Morgan fingerprint density at radius 2 is 2.50 bits per heavy atom. The highest BCUT2D eigenvalue weighted by molar-refractivity contribution is 5.92. The predicted octanol–water partition coefficient (Wildman–Crippen LogP) is 1.04. The monoisotopic (exact) mass is 194 g/mol. The van der Waals surface area contributed by atoms with Gasteiger partial charge < -0.3 is 10.4 Å². The second kappa shape index (κ2) is 5.34. The molecule has 4 nitrogen and oxygen atoms in total. The van der Waals surface area contributed by atoms with Gasteiger partial charge in [0.2, 0.25) is 5.91 Å². The topological polar surface area (TPSA) is 62.2 Å². The van der Waals surface area contributed by atoms with E-state index in [-0.39, 0.29) is 18.4 Å². The van der Waals surface area contributed by atoms with Crippen LogP contribution in [0.25, 0.3) is 0 Å². The molecule has 0 saturated heterocycles. The fourth-order valence-corrected chi connectivity index (χ4v) is 1.08. The Bertz CT molecular complexity index is 283. The number of hydrogen-bond donors (Lipinski definition) is 2. The number of hydrogen-bond acceptors (Lipinski definition) is 3. The second-order valence-electron chi connectivity index (χ2n) is 3.02. The molecular weight excluding hydrogens is 180 g/mol. The van der Waals surface area contributed by atoms with Crippen molar-refractivity contribution in [2.75, 3.05) is 11.9 Å². The number of nitrogens with one attached hydrogen (secondary N) is 1. The number of anilines is 1. The van der Waals surface area contributed by atoms with Gasteiger partial charge in [0, 0.05) is 6.20 Å². The Labute approximate surface area is 83.0 Å². The number of rotatable bonds is 4. The van der Waals surface area contributed by atoms with Gasteiger partial charge in [-0.05, 0) is 18.6 Å². The molecule has 0 spiro atoms. The number of aliphatic hydroxyl groups excluding tert-OH is 1. The minimum Gasteiger partial charge on any atom is -0.396 e. The van der Waals surface area contributed by atoms with E-state index < -0.39 is 0 Å². The highest BCUT2D eigenvalue weighted by atomic mass is 16.3. The fourth-order valence-electron chi connectivity index (χ4n) is 1.08. The van der Waals surface area contributed by atoms with Crippen molar-refractivity contribution in [2.24, 2.45) is 5.92 Å². The molecule has 0 aliphatic heterocycles. The van der Waals surface area contributed by atoms with E-state index in [0.29, 0.717) is 12.1 Å². The smallest absolute Gasteiger partial charge is 0.229 e. The average molecular weight is 194 g/mol. The van der Waals surface area contributed by atoms with Crippen LogP contribution in [-0.4, -0.2) is 22.6 Å². The van der Waals surface area contributed by atoms with Crippen molar-refractivity contribution >= 4 is 11.6 Å². The molecule has 1 rings (SSSR count). The summed E-state index contributed by atoms with van der Waals surface area (Å²) in [6, 6.07) is 3.50. The lowest BCUT2D eigenvalue weighted by atomic mass is 10.1. The molecule has 1 atom stereocenters. The zero-order valence-corrected chi connectivity index (χ0v) is 8.10. The van der Waals surface area contributed by atoms with Crippen molar-refractivity contribution in [3.05, 3.63) is 24.5 Å². The Kier molecular flexibility index (Phi) is 4.07. The lowest BCUT2D eigenvalue weighted by Gasteiger charge is -2.11. The summed E-state index contributed by atoms with van der Waals surface area (Å²) < 4.78 is 0. The van der Waals surface area contributed by atoms with Crippen LogP contribution in [0.1, 0.15) is 13.3 Å². The van der Waals surface area contributed by atoms with Crippen molar-refractivity contribution in [1.29, 1.82) is 0 Å². The van der Waals surface area contributed by atoms with E-state index in [0.717, 1.165) is 0 Å². The average Bonchev–Trinajstić information content (AvgIpc) is 2.21. The molecule has 0 aromatic carbocycles. The maximum atomic E-state index is 11.5. The van der Waals surface area contributed by atoms with Crippen molar-refractivity contribution in [1.82, 2.24) is 4.98 Å². The zero-order chi connectivity index (χ0) is 10.4.